The average molecular weight is 142 g/mol. The molecular formula is C4H9Cl2N. The first kappa shape index (κ1) is 7.54. The van der Waals surface area contributed by atoms with Crippen molar-refractivity contribution in [1.82, 2.24) is 4.90 Å². The summed E-state index contributed by atoms with van der Waals surface area (Å²) in [6.07, 6.45) is 0. The van der Waals surface area contributed by atoms with Gasteiger partial charge in [-0.05, 0) is 21.0 Å². The van der Waals surface area contributed by atoms with E-state index < -0.39 is 4.46 Å². The fourth-order valence-electron chi connectivity index (χ4n) is 0. The van der Waals surface area contributed by atoms with Gasteiger partial charge in [-0.1, -0.05) is 23.2 Å². The second-order valence-electron chi connectivity index (χ2n) is 1.74. The van der Waals surface area contributed by atoms with Crippen LogP contribution in [0.4, 0.5) is 0 Å². The first-order valence-corrected chi connectivity index (χ1v) is 2.75. The van der Waals surface area contributed by atoms with Gasteiger partial charge in [-0.2, -0.15) is 0 Å². The lowest BCUT2D eigenvalue weighted by atomic mass is 10.7. The van der Waals surface area contributed by atoms with Gasteiger partial charge in [0, 0.05) is 0 Å². The van der Waals surface area contributed by atoms with Gasteiger partial charge in [0.15, 0.2) is 4.46 Å². The molecule has 0 amide bonds. The van der Waals surface area contributed by atoms with Crippen molar-refractivity contribution in [2.24, 2.45) is 0 Å². The van der Waals surface area contributed by atoms with Crippen LogP contribution in [0.3, 0.4) is 0 Å². The molecule has 7 heavy (non-hydrogen) atoms. The molecule has 0 rings (SSSR count). The van der Waals surface area contributed by atoms with Crippen LogP contribution in [0.15, 0.2) is 0 Å². The minimum absolute atomic E-state index is 0.722. The number of rotatable bonds is 1. The Bertz CT molecular complexity index is 55.2. The van der Waals surface area contributed by atoms with Gasteiger partial charge in [0.2, 0.25) is 0 Å². The topological polar surface area (TPSA) is 3.24 Å². The van der Waals surface area contributed by atoms with E-state index >= 15 is 0 Å². The maximum Gasteiger partial charge on any atom is 0.168 e. The van der Waals surface area contributed by atoms with Crippen molar-refractivity contribution < 1.29 is 0 Å². The second-order valence-corrected chi connectivity index (χ2v) is 3.40. The normalized spacial score (nSPS) is 12.9. The lowest BCUT2D eigenvalue weighted by Crippen LogP contribution is -2.28. The zero-order chi connectivity index (χ0) is 6.08. The standard InChI is InChI=1S/C4H9Cl2N/c1-4(5,6)7(2)3/h1-3H3. The molecule has 0 aromatic rings. The van der Waals surface area contributed by atoms with Gasteiger partial charge in [-0.3, -0.25) is 4.90 Å². The molecule has 44 valence electrons. The van der Waals surface area contributed by atoms with Gasteiger partial charge in [-0.25, -0.2) is 0 Å². The zero-order valence-electron chi connectivity index (χ0n) is 4.70. The predicted molar refractivity (Wildman–Crippen MR) is 33.8 cm³/mol. The van der Waals surface area contributed by atoms with E-state index in [0.717, 1.165) is 0 Å². The predicted octanol–water partition coefficient (Wildman–Crippen LogP) is 1.70. The molecule has 0 N–H and O–H groups in total. The van der Waals surface area contributed by atoms with E-state index in [1.807, 2.05) is 14.1 Å². The molecule has 1 nitrogen and oxygen atoms in total. The third kappa shape index (κ3) is 3.15. The fraction of sp³-hybridized carbons (Fsp3) is 1.00. The smallest absolute Gasteiger partial charge is 0.168 e. The molecule has 0 aromatic heterocycles. The van der Waals surface area contributed by atoms with Crippen molar-refractivity contribution in [3.63, 3.8) is 0 Å². The molecule has 0 bridgehead atoms. The Morgan fingerprint density at radius 1 is 1.29 bits per heavy atom. The summed E-state index contributed by atoms with van der Waals surface area (Å²) >= 11 is 11.1. The van der Waals surface area contributed by atoms with Crippen LogP contribution in [-0.4, -0.2) is 23.5 Å². The molecule has 3 heteroatoms. The van der Waals surface area contributed by atoms with Crippen molar-refractivity contribution in [2.45, 2.75) is 11.4 Å². The van der Waals surface area contributed by atoms with Gasteiger partial charge >= 0.3 is 0 Å². The Morgan fingerprint density at radius 2 is 1.43 bits per heavy atom. The van der Waals surface area contributed by atoms with Gasteiger partial charge in [-0.15, -0.1) is 0 Å². The van der Waals surface area contributed by atoms with Crippen molar-refractivity contribution in [2.75, 3.05) is 14.1 Å². The first-order chi connectivity index (χ1) is 2.94. The highest BCUT2D eigenvalue weighted by molar-refractivity contribution is 6.47. The summed E-state index contributed by atoms with van der Waals surface area (Å²) in [4.78, 5) is 1.72. The van der Waals surface area contributed by atoms with E-state index in [1.54, 1.807) is 11.8 Å². The van der Waals surface area contributed by atoms with Gasteiger partial charge in [0.1, 0.15) is 0 Å². The van der Waals surface area contributed by atoms with Crippen LogP contribution >= 0.6 is 23.2 Å². The van der Waals surface area contributed by atoms with Crippen molar-refractivity contribution in [3.05, 3.63) is 0 Å². The van der Waals surface area contributed by atoms with Crippen LogP contribution in [0.5, 0.6) is 0 Å². The van der Waals surface area contributed by atoms with E-state index in [0.29, 0.717) is 0 Å². The van der Waals surface area contributed by atoms with Crippen molar-refractivity contribution in [1.29, 1.82) is 0 Å². The van der Waals surface area contributed by atoms with Crippen LogP contribution in [0.2, 0.25) is 0 Å². The minimum atomic E-state index is -0.722. The van der Waals surface area contributed by atoms with E-state index in [1.165, 1.54) is 0 Å². The molecule has 0 radical (unpaired) electrons. The molecule has 0 aliphatic rings. The number of halogens is 2. The molecule has 0 heterocycles. The summed E-state index contributed by atoms with van der Waals surface area (Å²) < 4.78 is -0.722. The van der Waals surface area contributed by atoms with Gasteiger partial charge < -0.3 is 0 Å². The second kappa shape index (κ2) is 2.21. The quantitative estimate of drug-likeness (QED) is 0.397. The van der Waals surface area contributed by atoms with Gasteiger partial charge in [0.05, 0.1) is 0 Å². The van der Waals surface area contributed by atoms with Crippen LogP contribution in [-0.2, 0) is 0 Å². The van der Waals surface area contributed by atoms with E-state index in [2.05, 4.69) is 0 Å². The fourth-order valence-corrected chi connectivity index (χ4v) is 0. The Hall–Kier alpha value is 0.540. The molecule has 0 aromatic carbocycles. The first-order valence-electron chi connectivity index (χ1n) is 2.00. The van der Waals surface area contributed by atoms with Gasteiger partial charge in [0.25, 0.3) is 0 Å². The largest absolute Gasteiger partial charge is 0.279 e. The molecule has 0 aliphatic heterocycles. The SMILES string of the molecule is CN(C)C(C)(Cl)Cl. The molecular weight excluding hydrogens is 133 g/mol. The van der Waals surface area contributed by atoms with Crippen LogP contribution < -0.4 is 0 Å². The molecule has 0 saturated heterocycles. The number of alkyl halides is 2. The van der Waals surface area contributed by atoms with E-state index in [4.69, 9.17) is 23.2 Å². The Morgan fingerprint density at radius 3 is 1.43 bits per heavy atom. The molecule has 0 aliphatic carbocycles. The summed E-state index contributed by atoms with van der Waals surface area (Å²) in [6, 6.07) is 0. The average Bonchev–Trinajstić information content (AvgIpc) is 1.31. The summed E-state index contributed by atoms with van der Waals surface area (Å²) in [5, 5.41) is 0. The lowest BCUT2D eigenvalue weighted by molar-refractivity contribution is 0.358. The number of hydrogen-bond acceptors (Lipinski definition) is 1. The van der Waals surface area contributed by atoms with Crippen molar-refractivity contribution >= 4 is 23.2 Å². The summed E-state index contributed by atoms with van der Waals surface area (Å²) in [6.45, 7) is 1.72. The monoisotopic (exact) mass is 141 g/mol. The molecule has 0 unspecified atom stereocenters. The summed E-state index contributed by atoms with van der Waals surface area (Å²) in [5.41, 5.74) is 0. The van der Waals surface area contributed by atoms with Crippen molar-refractivity contribution in [3.8, 4) is 0 Å². The molecule has 0 saturated carbocycles. The summed E-state index contributed by atoms with van der Waals surface area (Å²) in [7, 11) is 3.64. The Labute approximate surface area is 54.2 Å². The third-order valence-electron chi connectivity index (χ3n) is 0.785. The Kier molecular flexibility index (Phi) is 2.38. The minimum Gasteiger partial charge on any atom is -0.279 e. The van der Waals surface area contributed by atoms with E-state index in [-0.39, 0.29) is 0 Å². The van der Waals surface area contributed by atoms with Crippen LogP contribution in [0.1, 0.15) is 6.92 Å². The number of nitrogens with zero attached hydrogens (tertiary/aromatic N) is 1. The highest BCUT2D eigenvalue weighted by atomic mass is 35.5. The third-order valence-corrected chi connectivity index (χ3v) is 1.46. The number of hydrogen-bond donors (Lipinski definition) is 0. The van der Waals surface area contributed by atoms with Crippen LogP contribution in [0, 0.1) is 0 Å². The lowest BCUT2D eigenvalue weighted by Gasteiger charge is -2.21. The van der Waals surface area contributed by atoms with E-state index in [9.17, 15) is 0 Å². The zero-order valence-corrected chi connectivity index (χ0v) is 6.22. The Balaban J connectivity index is 3.54. The highest BCUT2D eigenvalue weighted by Crippen LogP contribution is 2.20. The molecule has 0 fully saturated rings. The molecule has 0 spiro atoms. The van der Waals surface area contributed by atoms with Crippen LogP contribution in [0.25, 0.3) is 0 Å². The maximum absolute atomic E-state index is 5.56. The highest BCUT2D eigenvalue weighted by Gasteiger charge is 2.17. The summed E-state index contributed by atoms with van der Waals surface area (Å²) in [5.74, 6) is 0. The molecule has 0 atom stereocenters. The maximum atomic E-state index is 5.56.